The highest BCUT2D eigenvalue weighted by Gasteiger charge is 2.29. The van der Waals surface area contributed by atoms with Crippen LogP contribution in [0.15, 0.2) is 29.3 Å². The van der Waals surface area contributed by atoms with Gasteiger partial charge in [0, 0.05) is 33.3 Å². The number of likely N-dealkylation sites (N-methyl/N-ethyl adjacent to an activating group) is 1. The van der Waals surface area contributed by atoms with Crippen molar-refractivity contribution in [1.29, 1.82) is 0 Å². The Bertz CT molecular complexity index is 538. The first-order valence-electron chi connectivity index (χ1n) is 8.72. The zero-order valence-electron chi connectivity index (χ0n) is 16.1. The Hall–Kier alpha value is -1.07. The second-order valence-corrected chi connectivity index (χ2v) is 5.93. The molecule has 0 bridgehead atoms. The molecule has 0 spiro atoms. The zero-order valence-corrected chi connectivity index (χ0v) is 18.4. The quantitative estimate of drug-likeness (QED) is 0.294. The average molecular weight is 502 g/mol. The summed E-state index contributed by atoms with van der Waals surface area (Å²) in [5, 5.41) is 6.37. The van der Waals surface area contributed by atoms with Gasteiger partial charge in [-0.25, -0.2) is 0 Å². The first-order valence-corrected chi connectivity index (χ1v) is 8.72. The van der Waals surface area contributed by atoms with E-state index in [9.17, 15) is 13.2 Å². The number of halogens is 4. The van der Waals surface area contributed by atoms with Crippen LogP contribution < -0.4 is 10.6 Å². The Morgan fingerprint density at radius 1 is 1.15 bits per heavy atom. The minimum Gasteiger partial charge on any atom is -0.383 e. The predicted octanol–water partition coefficient (Wildman–Crippen LogP) is 3.00. The van der Waals surface area contributed by atoms with Gasteiger partial charge in [0.15, 0.2) is 5.96 Å². The van der Waals surface area contributed by atoms with Gasteiger partial charge in [-0.15, -0.1) is 24.0 Å². The van der Waals surface area contributed by atoms with Crippen LogP contribution >= 0.6 is 24.0 Å². The van der Waals surface area contributed by atoms with E-state index in [-0.39, 0.29) is 24.0 Å². The van der Waals surface area contributed by atoms with E-state index in [0.29, 0.717) is 32.1 Å². The molecule has 0 amide bonds. The van der Waals surface area contributed by atoms with Gasteiger partial charge in [0.25, 0.3) is 0 Å². The highest BCUT2D eigenvalue weighted by atomic mass is 127. The van der Waals surface area contributed by atoms with Crippen molar-refractivity contribution >= 4 is 29.9 Å². The van der Waals surface area contributed by atoms with Crippen molar-refractivity contribution in [2.24, 2.45) is 4.99 Å². The number of nitrogens with zero attached hydrogens (tertiary/aromatic N) is 2. The zero-order chi connectivity index (χ0) is 19.4. The largest absolute Gasteiger partial charge is 0.416 e. The molecule has 0 atom stereocenters. The van der Waals surface area contributed by atoms with Crippen molar-refractivity contribution in [1.82, 2.24) is 15.5 Å². The molecule has 0 aromatic heterocycles. The highest BCUT2D eigenvalue weighted by Crippen LogP contribution is 2.29. The monoisotopic (exact) mass is 502 g/mol. The third kappa shape index (κ3) is 11.4. The Kier molecular flexibility index (Phi) is 13.4. The summed E-state index contributed by atoms with van der Waals surface area (Å²) in [6, 6.07) is 5.26. The average Bonchev–Trinajstić information content (AvgIpc) is 2.59. The molecule has 27 heavy (non-hydrogen) atoms. The summed E-state index contributed by atoms with van der Waals surface area (Å²) in [5.74, 6) is 0.708. The molecule has 0 unspecified atom stereocenters. The van der Waals surface area contributed by atoms with Gasteiger partial charge in [0.1, 0.15) is 0 Å². The lowest BCUT2D eigenvalue weighted by molar-refractivity contribution is -0.137. The van der Waals surface area contributed by atoms with Gasteiger partial charge in [0.05, 0.1) is 18.7 Å². The van der Waals surface area contributed by atoms with Crippen molar-refractivity contribution < 1.29 is 17.9 Å². The van der Waals surface area contributed by atoms with Gasteiger partial charge in [-0.05, 0) is 38.1 Å². The number of benzene rings is 1. The number of hydrogen-bond donors (Lipinski definition) is 2. The highest BCUT2D eigenvalue weighted by molar-refractivity contribution is 14.0. The first kappa shape index (κ1) is 25.9. The Morgan fingerprint density at radius 2 is 1.81 bits per heavy atom. The summed E-state index contributed by atoms with van der Waals surface area (Å²) in [6.45, 7) is 6.32. The minimum atomic E-state index is -4.29. The number of rotatable bonds is 10. The second kappa shape index (κ2) is 14.0. The number of nitrogens with one attached hydrogen (secondary N) is 2. The minimum absolute atomic E-state index is 0. The van der Waals surface area contributed by atoms with E-state index in [4.69, 9.17) is 4.74 Å². The fourth-order valence-corrected chi connectivity index (χ4v) is 2.22. The van der Waals surface area contributed by atoms with Crippen LogP contribution in [-0.2, 0) is 17.3 Å². The van der Waals surface area contributed by atoms with Crippen molar-refractivity contribution in [2.75, 3.05) is 53.5 Å². The van der Waals surface area contributed by atoms with E-state index in [1.807, 2.05) is 14.0 Å². The lowest BCUT2D eigenvalue weighted by atomic mass is 10.1. The maximum atomic E-state index is 12.6. The van der Waals surface area contributed by atoms with E-state index < -0.39 is 11.7 Å². The van der Waals surface area contributed by atoms with Crippen LogP contribution in [0.5, 0.6) is 0 Å². The lowest BCUT2D eigenvalue weighted by Crippen LogP contribution is -2.39. The number of guanidine groups is 1. The summed E-state index contributed by atoms with van der Waals surface area (Å²) < 4.78 is 42.7. The molecule has 156 valence electrons. The third-order valence-corrected chi connectivity index (χ3v) is 3.76. The van der Waals surface area contributed by atoms with Crippen LogP contribution in [0.2, 0.25) is 0 Å². The van der Waals surface area contributed by atoms with Gasteiger partial charge in [0.2, 0.25) is 0 Å². The smallest absolute Gasteiger partial charge is 0.383 e. The molecule has 0 saturated heterocycles. The van der Waals surface area contributed by atoms with Crippen molar-refractivity contribution in [3.63, 3.8) is 0 Å². The van der Waals surface area contributed by atoms with Crippen molar-refractivity contribution in [3.05, 3.63) is 35.4 Å². The van der Waals surface area contributed by atoms with Crippen LogP contribution in [0.3, 0.4) is 0 Å². The van der Waals surface area contributed by atoms with Gasteiger partial charge < -0.3 is 20.3 Å². The molecule has 0 radical (unpaired) electrons. The van der Waals surface area contributed by atoms with Crippen molar-refractivity contribution in [3.8, 4) is 0 Å². The predicted molar refractivity (Wildman–Crippen MR) is 114 cm³/mol. The molecular weight excluding hydrogens is 472 g/mol. The molecule has 1 aromatic rings. The van der Waals surface area contributed by atoms with E-state index in [2.05, 4.69) is 20.5 Å². The van der Waals surface area contributed by atoms with Crippen LogP contribution in [0.1, 0.15) is 18.1 Å². The molecule has 0 heterocycles. The first-order chi connectivity index (χ1) is 12.4. The molecule has 1 aromatic carbocycles. The molecule has 0 fully saturated rings. The summed E-state index contributed by atoms with van der Waals surface area (Å²) in [5.41, 5.74) is 0.224. The van der Waals surface area contributed by atoms with E-state index in [1.54, 1.807) is 7.11 Å². The molecule has 1 rings (SSSR count). The fraction of sp³-hybridized carbons (Fsp3) is 0.611. The number of aliphatic imine (C=N–C) groups is 1. The Labute approximate surface area is 176 Å². The Morgan fingerprint density at radius 3 is 2.37 bits per heavy atom. The molecular formula is C18H30F3IN4O. The maximum absolute atomic E-state index is 12.6. The summed E-state index contributed by atoms with van der Waals surface area (Å²) >= 11 is 0. The fourth-order valence-electron chi connectivity index (χ4n) is 2.22. The van der Waals surface area contributed by atoms with E-state index >= 15 is 0 Å². The lowest BCUT2D eigenvalue weighted by Gasteiger charge is -2.15. The summed E-state index contributed by atoms with van der Waals surface area (Å²) in [6.07, 6.45) is -3.67. The molecule has 9 heteroatoms. The number of ether oxygens (including phenoxy) is 1. The van der Waals surface area contributed by atoms with Crippen LogP contribution in [0, 0.1) is 0 Å². The van der Waals surface area contributed by atoms with Crippen LogP contribution in [0.4, 0.5) is 13.2 Å². The second-order valence-electron chi connectivity index (χ2n) is 5.93. The molecule has 0 aliphatic heterocycles. The molecule has 2 N–H and O–H groups in total. The van der Waals surface area contributed by atoms with Gasteiger partial charge >= 0.3 is 6.18 Å². The molecule has 5 nitrogen and oxygen atoms in total. The molecule has 0 aliphatic rings. The van der Waals surface area contributed by atoms with Crippen molar-refractivity contribution in [2.45, 2.75) is 19.5 Å². The molecule has 0 aliphatic carbocycles. The number of alkyl halides is 3. The van der Waals surface area contributed by atoms with Gasteiger partial charge in [-0.1, -0.05) is 12.1 Å². The Balaban J connectivity index is 0.00000676. The van der Waals surface area contributed by atoms with Crippen LogP contribution in [-0.4, -0.2) is 64.3 Å². The van der Waals surface area contributed by atoms with E-state index in [0.717, 1.165) is 37.3 Å². The topological polar surface area (TPSA) is 48.9 Å². The van der Waals surface area contributed by atoms with Gasteiger partial charge in [-0.3, -0.25) is 4.99 Å². The van der Waals surface area contributed by atoms with Crippen LogP contribution in [0.25, 0.3) is 0 Å². The maximum Gasteiger partial charge on any atom is 0.416 e. The van der Waals surface area contributed by atoms with E-state index in [1.165, 1.54) is 12.1 Å². The normalized spacial score (nSPS) is 12.0. The van der Waals surface area contributed by atoms with Gasteiger partial charge in [-0.2, -0.15) is 13.2 Å². The number of methoxy groups -OCH3 is 1. The third-order valence-electron chi connectivity index (χ3n) is 3.76. The standard InChI is InChI=1S/C18H29F3N4O.HI/c1-4-22-17(24-11-12-25(2)13-14-26-3)23-10-9-15-5-7-16(8-6-15)18(19,20)21;/h5-8H,4,9-14H2,1-3H3,(H2,22,23,24);1H. The number of hydrogen-bond acceptors (Lipinski definition) is 3. The summed E-state index contributed by atoms with van der Waals surface area (Å²) in [4.78, 5) is 6.64. The summed E-state index contributed by atoms with van der Waals surface area (Å²) in [7, 11) is 3.69. The SMILES string of the molecule is CCNC(=NCCN(C)CCOC)NCCc1ccc(C(F)(F)F)cc1.I. The molecule has 0 saturated carbocycles.